The predicted molar refractivity (Wildman–Crippen MR) is 157 cm³/mol. The van der Waals surface area contributed by atoms with E-state index in [-0.39, 0.29) is 29.4 Å². The fourth-order valence-corrected chi connectivity index (χ4v) is 6.37. The molecule has 1 saturated heterocycles. The van der Waals surface area contributed by atoms with Gasteiger partial charge >= 0.3 is 6.18 Å². The first-order chi connectivity index (χ1) is 20.6. The van der Waals surface area contributed by atoms with Crippen LogP contribution in [0, 0.1) is 18.7 Å². The van der Waals surface area contributed by atoms with E-state index in [9.17, 15) is 32.3 Å². The van der Waals surface area contributed by atoms with Crippen molar-refractivity contribution in [1.29, 1.82) is 0 Å². The summed E-state index contributed by atoms with van der Waals surface area (Å²) >= 11 is 0. The minimum absolute atomic E-state index is 0.0671. The van der Waals surface area contributed by atoms with Crippen molar-refractivity contribution in [3.05, 3.63) is 88.2 Å². The molecule has 1 amide bonds. The van der Waals surface area contributed by atoms with E-state index in [4.69, 9.17) is 0 Å². The minimum atomic E-state index is -4.68. The fourth-order valence-electron chi connectivity index (χ4n) is 6.37. The first-order valence-electron chi connectivity index (χ1n) is 14.6. The molecule has 3 aromatic carbocycles. The Labute approximate surface area is 248 Å². The van der Waals surface area contributed by atoms with Crippen LogP contribution in [0.2, 0.25) is 0 Å². The van der Waals surface area contributed by atoms with Gasteiger partial charge in [0.2, 0.25) is 0 Å². The number of amides is 1. The highest BCUT2D eigenvalue weighted by molar-refractivity contribution is 5.96. The zero-order chi connectivity index (χ0) is 30.7. The van der Waals surface area contributed by atoms with Crippen LogP contribution in [-0.2, 0) is 17.6 Å². The summed E-state index contributed by atoms with van der Waals surface area (Å²) in [7, 11) is 0. The highest BCUT2D eigenvalue weighted by atomic mass is 19.4. The maximum atomic E-state index is 14.9. The Bertz CT molecular complexity index is 1470. The molecule has 0 unspecified atom stereocenters. The number of aldehydes is 1. The molecule has 1 heterocycles. The van der Waals surface area contributed by atoms with Crippen molar-refractivity contribution in [3.8, 4) is 0 Å². The zero-order valence-electron chi connectivity index (χ0n) is 23.9. The summed E-state index contributed by atoms with van der Waals surface area (Å²) in [5.74, 6) is -1.81. The molecule has 2 atom stereocenters. The number of anilines is 3. The van der Waals surface area contributed by atoms with Gasteiger partial charge in [0, 0.05) is 35.6 Å². The number of aryl methyl sites for hydroxylation is 1. The van der Waals surface area contributed by atoms with E-state index >= 15 is 0 Å². The van der Waals surface area contributed by atoms with E-state index in [0.29, 0.717) is 29.7 Å². The Hall–Kier alpha value is -3.92. The molecule has 1 aliphatic heterocycles. The first-order valence-corrected chi connectivity index (χ1v) is 14.6. The molecule has 10 heteroatoms. The summed E-state index contributed by atoms with van der Waals surface area (Å²) in [6, 6.07) is 12.9. The number of nitrogens with one attached hydrogen (secondary N) is 2. The number of alkyl halides is 3. The number of hydrogen-bond donors (Lipinski definition) is 3. The summed E-state index contributed by atoms with van der Waals surface area (Å²) in [4.78, 5) is 27.8. The highest BCUT2D eigenvalue weighted by Crippen LogP contribution is 2.42. The van der Waals surface area contributed by atoms with Gasteiger partial charge in [-0.15, -0.1) is 0 Å². The van der Waals surface area contributed by atoms with Crippen molar-refractivity contribution in [3.63, 3.8) is 0 Å². The number of rotatable bonds is 8. The second-order valence-electron chi connectivity index (χ2n) is 11.4. The minimum Gasteiger partial charge on any atom is -0.392 e. The summed E-state index contributed by atoms with van der Waals surface area (Å²) < 4.78 is 56.4. The standard InChI is InChI=1S/C33H35F4N3O3/c1-20-6-4-10-28(34)30(20)32(43)40-15-5-7-22(19-42)31(40)26-14-13-25(38-23-8-2-3-9-23)17-29(26)39-24-12-11-21(18-41)27(16-24)33(35,36)37/h4,6,10-14,16-17,19,22-23,31,38-39,41H,2-3,5,7-9,15,18H2,1H3/t22-,31-/m1/s1. The van der Waals surface area contributed by atoms with Crippen molar-refractivity contribution in [2.45, 2.75) is 70.3 Å². The van der Waals surface area contributed by atoms with E-state index < -0.39 is 42.0 Å². The average Bonchev–Trinajstić information content (AvgIpc) is 3.49. The summed E-state index contributed by atoms with van der Waals surface area (Å²) in [5, 5.41) is 16.1. The largest absolute Gasteiger partial charge is 0.416 e. The van der Waals surface area contributed by atoms with Gasteiger partial charge in [0.25, 0.3) is 5.91 Å². The first kappa shape index (κ1) is 30.5. The molecule has 0 spiro atoms. The lowest BCUT2D eigenvalue weighted by atomic mass is 9.84. The van der Waals surface area contributed by atoms with Crippen LogP contribution in [0.25, 0.3) is 0 Å². The van der Waals surface area contributed by atoms with Crippen molar-refractivity contribution in [2.24, 2.45) is 5.92 Å². The lowest BCUT2D eigenvalue weighted by Crippen LogP contribution is -2.44. The van der Waals surface area contributed by atoms with Gasteiger partial charge in [-0.2, -0.15) is 13.2 Å². The molecule has 6 nitrogen and oxygen atoms in total. The van der Waals surface area contributed by atoms with Gasteiger partial charge in [-0.1, -0.05) is 37.1 Å². The Morgan fingerprint density at radius 2 is 1.77 bits per heavy atom. The van der Waals surface area contributed by atoms with Crippen LogP contribution in [0.15, 0.2) is 54.6 Å². The van der Waals surface area contributed by atoms with Crippen molar-refractivity contribution < 1.29 is 32.3 Å². The van der Waals surface area contributed by atoms with Crippen LogP contribution in [-0.4, -0.2) is 34.8 Å². The number of halogens is 4. The van der Waals surface area contributed by atoms with E-state index in [2.05, 4.69) is 10.6 Å². The van der Waals surface area contributed by atoms with E-state index in [1.54, 1.807) is 25.1 Å². The Kier molecular flexibility index (Phi) is 9.05. The number of likely N-dealkylation sites (tertiary alicyclic amines) is 1. The summed E-state index contributed by atoms with van der Waals surface area (Å²) in [6.45, 7) is 1.17. The molecular weight excluding hydrogens is 562 g/mol. The van der Waals surface area contributed by atoms with Crippen LogP contribution in [0.1, 0.15) is 77.2 Å². The molecule has 3 aromatic rings. The number of piperidine rings is 1. The zero-order valence-corrected chi connectivity index (χ0v) is 23.9. The van der Waals surface area contributed by atoms with Gasteiger partial charge in [0.05, 0.1) is 23.8 Å². The van der Waals surface area contributed by atoms with Crippen molar-refractivity contribution in [2.75, 3.05) is 17.2 Å². The normalized spacial score (nSPS) is 19.3. The van der Waals surface area contributed by atoms with E-state index in [1.807, 2.05) is 6.07 Å². The quantitative estimate of drug-likeness (QED) is 0.185. The van der Waals surface area contributed by atoms with Crippen LogP contribution in [0.3, 0.4) is 0 Å². The van der Waals surface area contributed by atoms with Crippen molar-refractivity contribution >= 4 is 29.3 Å². The second kappa shape index (κ2) is 12.8. The number of carbonyl (C=O) groups excluding carboxylic acids is 2. The topological polar surface area (TPSA) is 81.7 Å². The fraction of sp³-hybridized carbons (Fsp3) is 0.394. The van der Waals surface area contributed by atoms with E-state index in [1.165, 1.54) is 29.2 Å². The number of aliphatic hydroxyl groups is 1. The van der Waals surface area contributed by atoms with Gasteiger partial charge < -0.3 is 25.4 Å². The second-order valence-corrected chi connectivity index (χ2v) is 11.4. The van der Waals surface area contributed by atoms with Gasteiger partial charge in [-0.3, -0.25) is 4.79 Å². The molecule has 1 saturated carbocycles. The molecule has 3 N–H and O–H groups in total. The van der Waals surface area contributed by atoms with Crippen LogP contribution in [0.4, 0.5) is 34.6 Å². The van der Waals surface area contributed by atoms with Gasteiger partial charge in [0.15, 0.2) is 0 Å². The Balaban J connectivity index is 1.60. The maximum Gasteiger partial charge on any atom is 0.416 e. The molecule has 0 aromatic heterocycles. The molecule has 2 fully saturated rings. The molecule has 1 aliphatic carbocycles. The number of carbonyl (C=O) groups is 2. The summed E-state index contributed by atoms with van der Waals surface area (Å²) in [6.07, 6.45) is 1.37. The smallest absolute Gasteiger partial charge is 0.392 e. The Morgan fingerprint density at radius 1 is 1.02 bits per heavy atom. The maximum absolute atomic E-state index is 14.9. The molecule has 2 aliphatic rings. The third-order valence-corrected chi connectivity index (χ3v) is 8.51. The SMILES string of the molecule is Cc1cccc(F)c1C(=O)N1CCC[C@H](C=O)[C@@H]1c1ccc(NC2CCCC2)cc1Nc1ccc(CO)c(C(F)(F)F)c1. The molecule has 5 rings (SSSR count). The monoisotopic (exact) mass is 597 g/mol. The third-order valence-electron chi connectivity index (χ3n) is 8.51. The highest BCUT2D eigenvalue weighted by Gasteiger charge is 2.39. The third kappa shape index (κ3) is 6.54. The number of benzene rings is 3. The predicted octanol–water partition coefficient (Wildman–Crippen LogP) is 7.54. The molecule has 43 heavy (non-hydrogen) atoms. The number of aliphatic hydroxyl groups excluding tert-OH is 1. The van der Waals surface area contributed by atoms with E-state index in [0.717, 1.165) is 43.7 Å². The molecule has 228 valence electrons. The number of hydrogen-bond acceptors (Lipinski definition) is 5. The summed E-state index contributed by atoms with van der Waals surface area (Å²) in [5.41, 5.74) is 1.04. The van der Waals surface area contributed by atoms with Crippen molar-refractivity contribution in [1.82, 2.24) is 4.90 Å². The van der Waals surface area contributed by atoms with Crippen LogP contribution >= 0.6 is 0 Å². The average molecular weight is 598 g/mol. The number of nitrogens with zero attached hydrogens (tertiary/aromatic N) is 1. The van der Waals surface area contributed by atoms with Crippen LogP contribution in [0.5, 0.6) is 0 Å². The molecule has 0 radical (unpaired) electrons. The lowest BCUT2D eigenvalue weighted by Gasteiger charge is -2.41. The Morgan fingerprint density at radius 3 is 2.44 bits per heavy atom. The molecular formula is C33H35F4N3O3. The van der Waals surface area contributed by atoms with Gasteiger partial charge in [-0.05, 0) is 79.6 Å². The van der Waals surface area contributed by atoms with Crippen LogP contribution < -0.4 is 10.6 Å². The van der Waals surface area contributed by atoms with Gasteiger partial charge in [-0.25, -0.2) is 4.39 Å². The molecule has 0 bridgehead atoms. The van der Waals surface area contributed by atoms with Gasteiger partial charge in [0.1, 0.15) is 12.1 Å². The lowest BCUT2D eigenvalue weighted by molar-refractivity contribution is -0.138.